The van der Waals surface area contributed by atoms with Gasteiger partial charge in [-0.1, -0.05) is 35.9 Å². The van der Waals surface area contributed by atoms with E-state index in [-0.39, 0.29) is 5.82 Å². The summed E-state index contributed by atoms with van der Waals surface area (Å²) in [4.78, 5) is 8.86. The number of hydrogen-bond acceptors (Lipinski definition) is 4. The third-order valence-electron chi connectivity index (χ3n) is 4.14. The van der Waals surface area contributed by atoms with Crippen LogP contribution in [0.1, 0.15) is 22.5 Å². The van der Waals surface area contributed by atoms with Gasteiger partial charge in [-0.05, 0) is 50.5 Å². The Balaban J connectivity index is 1.68. The minimum Gasteiger partial charge on any atom is -0.370 e. The summed E-state index contributed by atoms with van der Waals surface area (Å²) in [6.45, 7) is 6.59. The normalized spacial score (nSPS) is 10.6. The van der Waals surface area contributed by atoms with Gasteiger partial charge in [-0.2, -0.15) is 0 Å². The Kier molecular flexibility index (Phi) is 5.46. The van der Waals surface area contributed by atoms with E-state index in [0.29, 0.717) is 24.4 Å². The topological polar surface area (TPSA) is 49.8 Å². The molecule has 0 saturated carbocycles. The van der Waals surface area contributed by atoms with Crippen LogP contribution >= 0.6 is 0 Å². The third kappa shape index (κ3) is 4.57. The molecule has 0 atom stereocenters. The maximum atomic E-state index is 13.7. The molecule has 0 amide bonds. The van der Waals surface area contributed by atoms with Crippen LogP contribution in [-0.4, -0.2) is 16.5 Å². The highest BCUT2D eigenvalue weighted by molar-refractivity contribution is 5.63. The van der Waals surface area contributed by atoms with Gasteiger partial charge >= 0.3 is 0 Å². The number of aromatic nitrogens is 2. The minimum absolute atomic E-state index is 0.176. The summed E-state index contributed by atoms with van der Waals surface area (Å²) in [5.41, 5.74) is 4.10. The van der Waals surface area contributed by atoms with E-state index in [9.17, 15) is 4.39 Å². The molecule has 0 bridgehead atoms. The van der Waals surface area contributed by atoms with Gasteiger partial charge in [0.15, 0.2) is 0 Å². The third-order valence-corrected chi connectivity index (χ3v) is 4.14. The molecule has 4 nitrogen and oxygen atoms in total. The average Bonchev–Trinajstić information content (AvgIpc) is 2.59. The second kappa shape index (κ2) is 7.95. The average molecular weight is 350 g/mol. The van der Waals surface area contributed by atoms with Crippen molar-refractivity contribution in [3.05, 3.63) is 76.9 Å². The number of halogens is 1. The molecular formula is C21H23FN4. The second-order valence-corrected chi connectivity index (χ2v) is 6.40. The number of anilines is 3. The summed E-state index contributed by atoms with van der Waals surface area (Å²) < 4.78 is 13.7. The van der Waals surface area contributed by atoms with Crippen molar-refractivity contribution in [1.29, 1.82) is 0 Å². The van der Waals surface area contributed by atoms with E-state index in [4.69, 9.17) is 0 Å². The van der Waals surface area contributed by atoms with Crippen LogP contribution in [0.15, 0.2) is 48.5 Å². The molecule has 1 aromatic heterocycles. The Bertz CT molecular complexity index is 908. The quantitative estimate of drug-likeness (QED) is 0.661. The molecule has 0 fully saturated rings. The fourth-order valence-electron chi connectivity index (χ4n) is 2.84. The summed E-state index contributed by atoms with van der Waals surface area (Å²) >= 11 is 0. The van der Waals surface area contributed by atoms with Crippen LogP contribution in [0.25, 0.3) is 0 Å². The lowest BCUT2D eigenvalue weighted by atomic mass is 10.1. The fourth-order valence-corrected chi connectivity index (χ4v) is 2.84. The van der Waals surface area contributed by atoms with Crippen molar-refractivity contribution in [2.24, 2.45) is 0 Å². The molecule has 134 valence electrons. The van der Waals surface area contributed by atoms with Crippen molar-refractivity contribution in [3.63, 3.8) is 0 Å². The molecule has 2 aromatic carbocycles. The Morgan fingerprint density at radius 2 is 1.69 bits per heavy atom. The van der Waals surface area contributed by atoms with Gasteiger partial charge in [-0.15, -0.1) is 0 Å². The molecule has 0 aliphatic rings. The minimum atomic E-state index is -0.176. The first-order valence-electron chi connectivity index (χ1n) is 8.68. The zero-order valence-corrected chi connectivity index (χ0v) is 15.3. The summed E-state index contributed by atoms with van der Waals surface area (Å²) in [6.07, 6.45) is 0.593. The number of nitrogens with one attached hydrogen (secondary N) is 2. The molecular weight excluding hydrogens is 327 g/mol. The number of nitrogens with zero attached hydrogens (tertiary/aromatic N) is 2. The monoisotopic (exact) mass is 350 g/mol. The summed E-state index contributed by atoms with van der Waals surface area (Å²) in [5.74, 6) is 1.96. The molecule has 0 saturated heterocycles. The van der Waals surface area contributed by atoms with Crippen molar-refractivity contribution in [1.82, 2.24) is 9.97 Å². The fraction of sp³-hybridized carbons (Fsp3) is 0.238. The van der Waals surface area contributed by atoms with Gasteiger partial charge in [-0.25, -0.2) is 14.4 Å². The summed E-state index contributed by atoms with van der Waals surface area (Å²) in [6, 6.07) is 14.9. The summed E-state index contributed by atoms with van der Waals surface area (Å²) in [7, 11) is 0. The van der Waals surface area contributed by atoms with E-state index in [0.717, 1.165) is 22.9 Å². The Labute approximate surface area is 153 Å². The van der Waals surface area contributed by atoms with E-state index < -0.39 is 0 Å². The first kappa shape index (κ1) is 17.9. The van der Waals surface area contributed by atoms with E-state index in [2.05, 4.69) is 46.6 Å². The van der Waals surface area contributed by atoms with Crippen LogP contribution in [0.3, 0.4) is 0 Å². The SMILES string of the molecule is Cc1ccc(Nc2cc(NCCc3ccccc3F)nc(C)n2)c(C)c1. The van der Waals surface area contributed by atoms with Crippen molar-refractivity contribution < 1.29 is 4.39 Å². The van der Waals surface area contributed by atoms with Crippen LogP contribution in [0.2, 0.25) is 0 Å². The maximum Gasteiger partial charge on any atom is 0.136 e. The molecule has 1 heterocycles. The number of hydrogen-bond donors (Lipinski definition) is 2. The molecule has 0 aliphatic heterocycles. The molecule has 2 N–H and O–H groups in total. The Morgan fingerprint density at radius 3 is 2.46 bits per heavy atom. The first-order chi connectivity index (χ1) is 12.5. The number of rotatable bonds is 6. The van der Waals surface area contributed by atoms with Crippen molar-refractivity contribution in [2.45, 2.75) is 27.2 Å². The van der Waals surface area contributed by atoms with Crippen LogP contribution in [-0.2, 0) is 6.42 Å². The highest BCUT2D eigenvalue weighted by Crippen LogP contribution is 2.22. The van der Waals surface area contributed by atoms with Gasteiger partial charge in [0.2, 0.25) is 0 Å². The predicted molar refractivity (Wildman–Crippen MR) is 105 cm³/mol. The molecule has 0 spiro atoms. The number of benzene rings is 2. The van der Waals surface area contributed by atoms with Gasteiger partial charge < -0.3 is 10.6 Å². The maximum absolute atomic E-state index is 13.7. The highest BCUT2D eigenvalue weighted by atomic mass is 19.1. The van der Waals surface area contributed by atoms with Gasteiger partial charge in [0, 0.05) is 18.3 Å². The van der Waals surface area contributed by atoms with E-state index in [1.807, 2.05) is 25.1 Å². The van der Waals surface area contributed by atoms with Gasteiger partial charge in [-0.3, -0.25) is 0 Å². The van der Waals surface area contributed by atoms with Gasteiger partial charge in [0.1, 0.15) is 23.3 Å². The van der Waals surface area contributed by atoms with E-state index in [1.54, 1.807) is 12.1 Å². The zero-order chi connectivity index (χ0) is 18.5. The largest absolute Gasteiger partial charge is 0.370 e. The van der Waals surface area contributed by atoms with Crippen LogP contribution in [0.5, 0.6) is 0 Å². The second-order valence-electron chi connectivity index (χ2n) is 6.40. The lowest BCUT2D eigenvalue weighted by molar-refractivity contribution is 0.610. The molecule has 0 radical (unpaired) electrons. The summed E-state index contributed by atoms with van der Waals surface area (Å²) in [5, 5.41) is 6.60. The molecule has 0 unspecified atom stereocenters. The van der Waals surface area contributed by atoms with Crippen molar-refractivity contribution >= 4 is 17.3 Å². The van der Waals surface area contributed by atoms with Crippen molar-refractivity contribution in [3.8, 4) is 0 Å². The highest BCUT2D eigenvalue weighted by Gasteiger charge is 2.05. The lowest BCUT2D eigenvalue weighted by Gasteiger charge is -2.12. The molecule has 0 aliphatic carbocycles. The van der Waals surface area contributed by atoms with E-state index >= 15 is 0 Å². The van der Waals surface area contributed by atoms with E-state index in [1.165, 1.54) is 11.6 Å². The Hall–Kier alpha value is -2.95. The van der Waals surface area contributed by atoms with Gasteiger partial charge in [0.05, 0.1) is 0 Å². The molecule has 3 aromatic rings. The lowest BCUT2D eigenvalue weighted by Crippen LogP contribution is -2.09. The Morgan fingerprint density at radius 1 is 0.923 bits per heavy atom. The van der Waals surface area contributed by atoms with Crippen molar-refractivity contribution in [2.75, 3.05) is 17.2 Å². The molecule has 26 heavy (non-hydrogen) atoms. The first-order valence-corrected chi connectivity index (χ1v) is 8.68. The van der Waals surface area contributed by atoms with Crippen LogP contribution in [0.4, 0.5) is 21.7 Å². The zero-order valence-electron chi connectivity index (χ0n) is 15.3. The standard InChI is InChI=1S/C21H23FN4/c1-14-8-9-19(15(2)12-14)26-21-13-20(24-16(3)25-21)23-11-10-17-6-4-5-7-18(17)22/h4-9,12-13H,10-11H2,1-3H3,(H2,23,24,25,26). The molecule has 3 rings (SSSR count). The van der Waals surface area contributed by atoms with Crippen LogP contribution < -0.4 is 10.6 Å². The van der Waals surface area contributed by atoms with Crippen LogP contribution in [0, 0.1) is 26.6 Å². The molecule has 5 heteroatoms. The predicted octanol–water partition coefficient (Wildman–Crippen LogP) is 4.94. The van der Waals surface area contributed by atoms with Gasteiger partial charge in [0.25, 0.3) is 0 Å². The smallest absolute Gasteiger partial charge is 0.136 e. The number of aryl methyl sites for hydroxylation is 3.